The molecular formula is C25H19ClN6O. The summed E-state index contributed by atoms with van der Waals surface area (Å²) >= 11 is 6.24. The Kier molecular flexibility index (Phi) is 5.51. The third-order valence-corrected chi connectivity index (χ3v) is 6.02. The largest absolute Gasteiger partial charge is 0.338 e. The Morgan fingerprint density at radius 1 is 1.21 bits per heavy atom. The number of aromatic amines is 1. The number of hydrogen-bond acceptors (Lipinski definition) is 5. The van der Waals surface area contributed by atoms with E-state index in [1.54, 1.807) is 29.6 Å². The first kappa shape index (κ1) is 20.7. The van der Waals surface area contributed by atoms with Crippen molar-refractivity contribution in [2.45, 2.75) is 12.8 Å². The van der Waals surface area contributed by atoms with Crippen molar-refractivity contribution >= 4 is 34.7 Å². The van der Waals surface area contributed by atoms with Gasteiger partial charge in [0, 0.05) is 24.0 Å². The maximum absolute atomic E-state index is 13.1. The molecule has 0 unspecified atom stereocenters. The molecule has 7 nitrogen and oxygen atoms in total. The SMILES string of the molecule is N#Cc1cc(-c2ccnc(Nc3cn[nH]c3)c2)cc2c1N(C(=O)Cc1ccccc1Cl)CC2. The summed E-state index contributed by atoms with van der Waals surface area (Å²) in [7, 11) is 0. The number of H-pyrrole nitrogens is 1. The van der Waals surface area contributed by atoms with E-state index in [1.165, 1.54) is 0 Å². The lowest BCUT2D eigenvalue weighted by Crippen LogP contribution is -2.31. The van der Waals surface area contributed by atoms with E-state index < -0.39 is 0 Å². The van der Waals surface area contributed by atoms with Gasteiger partial charge in [-0.05, 0) is 59.0 Å². The van der Waals surface area contributed by atoms with Crippen LogP contribution in [-0.2, 0) is 17.6 Å². The quantitative estimate of drug-likeness (QED) is 0.448. The number of amides is 1. The highest BCUT2D eigenvalue weighted by Crippen LogP contribution is 2.37. The summed E-state index contributed by atoms with van der Waals surface area (Å²) in [5, 5.41) is 20.3. The van der Waals surface area contributed by atoms with Crippen molar-refractivity contribution < 1.29 is 4.79 Å². The van der Waals surface area contributed by atoms with Crippen LogP contribution < -0.4 is 10.2 Å². The van der Waals surface area contributed by atoms with Gasteiger partial charge >= 0.3 is 0 Å². The van der Waals surface area contributed by atoms with Crippen LogP contribution in [0.25, 0.3) is 11.1 Å². The van der Waals surface area contributed by atoms with Crippen molar-refractivity contribution in [1.82, 2.24) is 15.2 Å². The Labute approximate surface area is 195 Å². The van der Waals surface area contributed by atoms with Gasteiger partial charge in [-0.15, -0.1) is 0 Å². The Balaban J connectivity index is 1.44. The van der Waals surface area contributed by atoms with Crippen LogP contribution in [-0.4, -0.2) is 27.6 Å². The second-order valence-corrected chi connectivity index (χ2v) is 8.16. The molecule has 1 aliphatic rings. The number of anilines is 3. The molecule has 1 amide bonds. The number of rotatable bonds is 5. The standard InChI is InChI=1S/C25H19ClN6O/c26-22-4-2-1-3-17(22)12-24(33)32-8-6-18-9-19(10-20(13-27)25(18)32)16-5-7-28-23(11-16)31-21-14-29-30-15-21/h1-5,7,9-11,14-15H,6,8,12H2,(H,28,31)(H,29,30). The number of aromatic nitrogens is 3. The Morgan fingerprint density at radius 3 is 2.88 bits per heavy atom. The predicted molar refractivity (Wildman–Crippen MR) is 127 cm³/mol. The van der Waals surface area contributed by atoms with Gasteiger partial charge in [0.2, 0.25) is 5.91 Å². The molecule has 2 N–H and O–H groups in total. The number of fused-ring (bicyclic) bond motifs is 1. The molecule has 2 aromatic heterocycles. The second-order valence-electron chi connectivity index (χ2n) is 7.75. The molecule has 33 heavy (non-hydrogen) atoms. The van der Waals surface area contributed by atoms with Gasteiger partial charge in [0.15, 0.2) is 0 Å². The Hall–Kier alpha value is -4.15. The summed E-state index contributed by atoms with van der Waals surface area (Å²) < 4.78 is 0. The predicted octanol–water partition coefficient (Wildman–Crippen LogP) is 4.87. The highest BCUT2D eigenvalue weighted by molar-refractivity contribution is 6.31. The maximum Gasteiger partial charge on any atom is 0.231 e. The van der Waals surface area contributed by atoms with E-state index in [4.69, 9.17) is 11.6 Å². The smallest absolute Gasteiger partial charge is 0.231 e. The molecule has 0 saturated heterocycles. The monoisotopic (exact) mass is 454 g/mol. The fraction of sp³-hybridized carbons (Fsp3) is 0.120. The fourth-order valence-electron chi connectivity index (χ4n) is 4.09. The van der Waals surface area contributed by atoms with Gasteiger partial charge < -0.3 is 10.2 Å². The van der Waals surface area contributed by atoms with Crippen molar-refractivity contribution in [1.29, 1.82) is 5.26 Å². The average molecular weight is 455 g/mol. The first-order valence-corrected chi connectivity index (χ1v) is 10.8. The Morgan fingerprint density at radius 2 is 2.09 bits per heavy atom. The zero-order valence-electron chi connectivity index (χ0n) is 17.5. The molecule has 2 aromatic carbocycles. The Bertz CT molecular complexity index is 1380. The number of halogens is 1. The molecule has 0 fully saturated rings. The molecule has 0 spiro atoms. The third-order valence-electron chi connectivity index (χ3n) is 5.65. The van der Waals surface area contributed by atoms with Crippen molar-refractivity contribution in [3.63, 3.8) is 0 Å². The number of hydrogen-bond donors (Lipinski definition) is 2. The van der Waals surface area contributed by atoms with E-state index in [0.717, 1.165) is 27.9 Å². The van der Waals surface area contributed by atoms with Crippen molar-refractivity contribution in [2.24, 2.45) is 0 Å². The zero-order chi connectivity index (χ0) is 22.8. The van der Waals surface area contributed by atoms with E-state index in [9.17, 15) is 10.1 Å². The lowest BCUT2D eigenvalue weighted by Gasteiger charge is -2.19. The normalized spacial score (nSPS) is 12.3. The molecule has 4 aromatic rings. The lowest BCUT2D eigenvalue weighted by atomic mass is 9.98. The van der Waals surface area contributed by atoms with E-state index >= 15 is 0 Å². The number of carbonyl (C=O) groups is 1. The number of nitrogens with one attached hydrogen (secondary N) is 2. The number of nitrogens with zero attached hydrogens (tertiary/aromatic N) is 4. The summed E-state index contributed by atoms with van der Waals surface area (Å²) in [6, 6.07) is 17.3. The van der Waals surface area contributed by atoms with E-state index in [0.29, 0.717) is 35.1 Å². The van der Waals surface area contributed by atoms with E-state index in [2.05, 4.69) is 32.6 Å². The van der Waals surface area contributed by atoms with Crippen LogP contribution in [0.15, 0.2) is 67.1 Å². The second kappa shape index (κ2) is 8.77. The van der Waals surface area contributed by atoms with Crippen molar-refractivity contribution in [3.05, 3.63) is 88.8 Å². The minimum Gasteiger partial charge on any atom is -0.338 e. The number of pyridine rings is 1. The first-order chi connectivity index (χ1) is 16.1. The maximum atomic E-state index is 13.1. The molecule has 0 radical (unpaired) electrons. The molecule has 8 heteroatoms. The number of carbonyl (C=O) groups excluding carboxylic acids is 1. The summed E-state index contributed by atoms with van der Waals surface area (Å²) in [5.41, 5.74) is 5.58. The minimum absolute atomic E-state index is 0.0680. The summed E-state index contributed by atoms with van der Waals surface area (Å²) in [4.78, 5) is 19.1. The van der Waals surface area contributed by atoms with E-state index in [-0.39, 0.29) is 12.3 Å². The fourth-order valence-corrected chi connectivity index (χ4v) is 4.30. The highest BCUT2D eigenvalue weighted by Gasteiger charge is 2.28. The van der Waals surface area contributed by atoms with E-state index in [1.807, 2.05) is 36.4 Å². The van der Waals surface area contributed by atoms with Crippen LogP contribution in [0.2, 0.25) is 5.02 Å². The van der Waals surface area contributed by atoms with Crippen LogP contribution in [0, 0.1) is 11.3 Å². The number of benzene rings is 2. The zero-order valence-corrected chi connectivity index (χ0v) is 18.3. The van der Waals surface area contributed by atoms with Gasteiger partial charge in [-0.1, -0.05) is 29.8 Å². The van der Waals surface area contributed by atoms with Crippen molar-refractivity contribution in [3.8, 4) is 17.2 Å². The van der Waals surface area contributed by atoms with Gasteiger partial charge in [-0.2, -0.15) is 10.4 Å². The van der Waals surface area contributed by atoms with Crippen molar-refractivity contribution in [2.75, 3.05) is 16.8 Å². The average Bonchev–Trinajstić information content (AvgIpc) is 3.50. The molecule has 0 saturated carbocycles. The van der Waals surface area contributed by atoms with Gasteiger partial charge in [-0.3, -0.25) is 9.89 Å². The van der Waals surface area contributed by atoms with Crippen LogP contribution in [0.4, 0.5) is 17.2 Å². The minimum atomic E-state index is -0.0680. The molecule has 0 aliphatic carbocycles. The molecule has 3 heterocycles. The van der Waals surface area contributed by atoms with Gasteiger partial charge in [-0.25, -0.2) is 4.98 Å². The number of nitriles is 1. The van der Waals surface area contributed by atoms with Crippen LogP contribution in [0.3, 0.4) is 0 Å². The lowest BCUT2D eigenvalue weighted by molar-refractivity contribution is -0.117. The summed E-state index contributed by atoms with van der Waals surface area (Å²) in [6.07, 6.45) is 6.02. The van der Waals surface area contributed by atoms with Gasteiger partial charge in [0.1, 0.15) is 11.9 Å². The first-order valence-electron chi connectivity index (χ1n) is 10.5. The molecule has 1 aliphatic heterocycles. The van der Waals surface area contributed by atoms with Crippen LogP contribution in [0.5, 0.6) is 0 Å². The van der Waals surface area contributed by atoms with Crippen LogP contribution in [0.1, 0.15) is 16.7 Å². The topological polar surface area (TPSA) is 97.7 Å². The van der Waals surface area contributed by atoms with Crippen LogP contribution >= 0.6 is 11.6 Å². The van der Waals surface area contributed by atoms with Gasteiger partial charge in [0.25, 0.3) is 0 Å². The molecule has 0 atom stereocenters. The third kappa shape index (κ3) is 4.16. The summed E-state index contributed by atoms with van der Waals surface area (Å²) in [5.74, 6) is 0.603. The van der Waals surface area contributed by atoms with Gasteiger partial charge in [0.05, 0.1) is 29.6 Å². The summed E-state index contributed by atoms with van der Waals surface area (Å²) in [6.45, 7) is 0.542. The molecule has 0 bridgehead atoms. The molecule has 162 valence electrons. The molecular weight excluding hydrogens is 436 g/mol. The highest BCUT2D eigenvalue weighted by atomic mass is 35.5. The molecule has 5 rings (SSSR count).